The summed E-state index contributed by atoms with van der Waals surface area (Å²) in [6, 6.07) is 13.8. The molecule has 0 bridgehead atoms. The van der Waals surface area contributed by atoms with E-state index in [1.807, 2.05) is 45.0 Å². The molecule has 1 aliphatic carbocycles. The molecule has 1 aliphatic rings. The minimum absolute atomic E-state index is 0.0285. The van der Waals surface area contributed by atoms with Gasteiger partial charge in [-0.1, -0.05) is 76.7 Å². The van der Waals surface area contributed by atoms with Gasteiger partial charge in [-0.05, 0) is 56.9 Å². The lowest BCUT2D eigenvalue weighted by Crippen LogP contribution is -2.50. The molecule has 2 aromatic carbocycles. The number of hydrogen-bond donors (Lipinski definition) is 1. The lowest BCUT2D eigenvalue weighted by atomic mass is 9.95. The van der Waals surface area contributed by atoms with Crippen molar-refractivity contribution in [2.45, 2.75) is 77.9 Å². The Morgan fingerprint density at radius 3 is 2.23 bits per heavy atom. The highest BCUT2D eigenvalue weighted by Crippen LogP contribution is 2.19. The van der Waals surface area contributed by atoms with Gasteiger partial charge in [0, 0.05) is 17.1 Å². The van der Waals surface area contributed by atoms with E-state index in [0.29, 0.717) is 13.0 Å². The van der Waals surface area contributed by atoms with Crippen molar-refractivity contribution < 1.29 is 9.59 Å². The molecule has 3 rings (SSSR count). The van der Waals surface area contributed by atoms with E-state index in [1.54, 1.807) is 4.90 Å². The van der Waals surface area contributed by atoms with E-state index in [9.17, 15) is 9.59 Å². The molecule has 0 aliphatic heterocycles. The summed E-state index contributed by atoms with van der Waals surface area (Å²) in [5, 5.41) is 3.19. The highest BCUT2D eigenvalue weighted by Gasteiger charge is 2.28. The van der Waals surface area contributed by atoms with Crippen LogP contribution in [0.15, 0.2) is 46.9 Å². The van der Waals surface area contributed by atoms with Crippen LogP contribution in [0, 0.1) is 13.8 Å². The third kappa shape index (κ3) is 6.93. The van der Waals surface area contributed by atoms with Gasteiger partial charge in [0.2, 0.25) is 11.8 Å². The normalized spacial score (nSPS) is 15.4. The summed E-state index contributed by atoms with van der Waals surface area (Å²) < 4.78 is 0.993. The van der Waals surface area contributed by atoms with Gasteiger partial charge in [-0.2, -0.15) is 0 Å². The lowest BCUT2D eigenvalue weighted by Gasteiger charge is -2.31. The van der Waals surface area contributed by atoms with E-state index in [4.69, 9.17) is 0 Å². The first-order chi connectivity index (χ1) is 14.8. The number of halogens is 1. The van der Waals surface area contributed by atoms with Crippen LogP contribution in [-0.2, 0) is 22.6 Å². The largest absolute Gasteiger partial charge is 0.352 e. The van der Waals surface area contributed by atoms with E-state index in [-0.39, 0.29) is 17.9 Å². The fourth-order valence-electron chi connectivity index (χ4n) is 4.39. The molecule has 5 heteroatoms. The van der Waals surface area contributed by atoms with Crippen LogP contribution >= 0.6 is 15.9 Å². The molecule has 0 heterocycles. The Balaban J connectivity index is 1.77. The second kappa shape index (κ2) is 10.9. The number of aryl methyl sites for hydroxylation is 2. The van der Waals surface area contributed by atoms with Crippen LogP contribution in [0.2, 0.25) is 0 Å². The number of hydrogen-bond acceptors (Lipinski definition) is 2. The molecule has 0 radical (unpaired) electrons. The predicted molar refractivity (Wildman–Crippen MR) is 129 cm³/mol. The standard InChI is InChI=1S/C26H33BrN2O2/c1-18-13-19(2)15-22(14-18)16-25(30)29(17-21-9-11-23(27)12-10-21)20(3)26(31)28-24-7-5-4-6-8-24/h9-15,20,24H,4-8,16-17H2,1-3H3,(H,28,31)/t20-/m1/s1. The number of carbonyl (C=O) groups excluding carboxylic acids is 2. The molecule has 0 spiro atoms. The maximum atomic E-state index is 13.4. The summed E-state index contributed by atoms with van der Waals surface area (Å²) in [5.74, 6) is -0.0861. The van der Waals surface area contributed by atoms with Gasteiger partial charge in [0.1, 0.15) is 6.04 Å². The van der Waals surface area contributed by atoms with Gasteiger partial charge >= 0.3 is 0 Å². The monoisotopic (exact) mass is 484 g/mol. The van der Waals surface area contributed by atoms with Gasteiger partial charge in [-0.3, -0.25) is 9.59 Å². The quantitative estimate of drug-likeness (QED) is 0.565. The van der Waals surface area contributed by atoms with Crippen LogP contribution in [0.4, 0.5) is 0 Å². The second-order valence-corrected chi connectivity index (χ2v) is 9.76. The molecule has 4 nitrogen and oxygen atoms in total. The molecule has 166 valence electrons. The molecular formula is C26H33BrN2O2. The molecule has 1 N–H and O–H groups in total. The van der Waals surface area contributed by atoms with E-state index in [2.05, 4.69) is 39.4 Å². The highest BCUT2D eigenvalue weighted by atomic mass is 79.9. The number of nitrogens with zero attached hydrogens (tertiary/aromatic N) is 1. The van der Waals surface area contributed by atoms with Gasteiger partial charge in [0.15, 0.2) is 0 Å². The van der Waals surface area contributed by atoms with Crippen molar-refractivity contribution in [1.29, 1.82) is 0 Å². The Hall–Kier alpha value is -2.14. The minimum Gasteiger partial charge on any atom is -0.352 e. The summed E-state index contributed by atoms with van der Waals surface area (Å²) >= 11 is 3.46. The molecule has 0 saturated heterocycles. The summed E-state index contributed by atoms with van der Waals surface area (Å²) in [7, 11) is 0. The highest BCUT2D eigenvalue weighted by molar-refractivity contribution is 9.10. The summed E-state index contributed by atoms with van der Waals surface area (Å²) in [4.78, 5) is 28.2. The first kappa shape index (κ1) is 23.5. The van der Waals surface area contributed by atoms with Crippen molar-refractivity contribution in [3.8, 4) is 0 Å². The molecule has 0 aromatic heterocycles. The molecule has 1 fully saturated rings. The zero-order chi connectivity index (χ0) is 22.4. The molecule has 1 saturated carbocycles. The van der Waals surface area contributed by atoms with Crippen molar-refractivity contribution in [3.05, 3.63) is 69.2 Å². The van der Waals surface area contributed by atoms with E-state index in [1.165, 1.54) is 6.42 Å². The van der Waals surface area contributed by atoms with Crippen molar-refractivity contribution in [1.82, 2.24) is 10.2 Å². The summed E-state index contributed by atoms with van der Waals surface area (Å²) in [6.45, 7) is 6.34. The van der Waals surface area contributed by atoms with E-state index in [0.717, 1.165) is 52.4 Å². The zero-order valence-electron chi connectivity index (χ0n) is 18.8. The Morgan fingerprint density at radius 1 is 1.00 bits per heavy atom. The lowest BCUT2D eigenvalue weighted by molar-refractivity contribution is -0.140. The number of benzene rings is 2. The van der Waals surface area contributed by atoms with Crippen LogP contribution < -0.4 is 5.32 Å². The molecule has 0 unspecified atom stereocenters. The Labute approximate surface area is 194 Å². The molecule has 1 atom stereocenters. The maximum absolute atomic E-state index is 13.4. The van der Waals surface area contributed by atoms with E-state index < -0.39 is 6.04 Å². The van der Waals surface area contributed by atoms with Crippen LogP contribution in [0.3, 0.4) is 0 Å². The van der Waals surface area contributed by atoms with Gasteiger partial charge in [0.25, 0.3) is 0 Å². The minimum atomic E-state index is -0.524. The van der Waals surface area contributed by atoms with Crippen LogP contribution in [0.25, 0.3) is 0 Å². The average molecular weight is 485 g/mol. The fourth-order valence-corrected chi connectivity index (χ4v) is 4.65. The van der Waals surface area contributed by atoms with Crippen LogP contribution in [0.5, 0.6) is 0 Å². The molecule has 2 amide bonds. The smallest absolute Gasteiger partial charge is 0.242 e. The van der Waals surface area contributed by atoms with Crippen molar-refractivity contribution in [2.24, 2.45) is 0 Å². The van der Waals surface area contributed by atoms with Gasteiger partial charge in [-0.15, -0.1) is 0 Å². The first-order valence-electron chi connectivity index (χ1n) is 11.2. The van der Waals surface area contributed by atoms with Gasteiger partial charge < -0.3 is 10.2 Å². The molecular weight excluding hydrogens is 452 g/mol. The van der Waals surface area contributed by atoms with Crippen molar-refractivity contribution in [2.75, 3.05) is 0 Å². The number of carbonyl (C=O) groups is 2. The second-order valence-electron chi connectivity index (χ2n) is 8.84. The third-order valence-electron chi connectivity index (χ3n) is 6.02. The Bertz CT molecular complexity index is 884. The number of rotatable bonds is 7. The van der Waals surface area contributed by atoms with Crippen LogP contribution in [0.1, 0.15) is 61.3 Å². The third-order valence-corrected chi connectivity index (χ3v) is 6.55. The predicted octanol–water partition coefficient (Wildman–Crippen LogP) is 5.47. The SMILES string of the molecule is Cc1cc(C)cc(CC(=O)N(Cc2ccc(Br)cc2)[C@H](C)C(=O)NC2CCCCC2)c1. The van der Waals surface area contributed by atoms with Crippen LogP contribution in [-0.4, -0.2) is 28.8 Å². The summed E-state index contributed by atoms with van der Waals surface area (Å²) in [5.41, 5.74) is 4.29. The zero-order valence-corrected chi connectivity index (χ0v) is 20.4. The topological polar surface area (TPSA) is 49.4 Å². The number of nitrogens with one attached hydrogen (secondary N) is 1. The Morgan fingerprint density at radius 2 is 1.61 bits per heavy atom. The molecule has 2 aromatic rings. The van der Waals surface area contributed by atoms with Crippen molar-refractivity contribution >= 4 is 27.7 Å². The summed E-state index contributed by atoms with van der Waals surface area (Å²) in [6.07, 6.45) is 5.91. The van der Waals surface area contributed by atoms with E-state index >= 15 is 0 Å². The van der Waals surface area contributed by atoms with Gasteiger partial charge in [-0.25, -0.2) is 0 Å². The average Bonchev–Trinajstić information content (AvgIpc) is 2.72. The van der Waals surface area contributed by atoms with Crippen molar-refractivity contribution in [3.63, 3.8) is 0 Å². The Kier molecular flexibility index (Phi) is 8.30. The van der Waals surface area contributed by atoms with Gasteiger partial charge in [0.05, 0.1) is 6.42 Å². The molecule has 31 heavy (non-hydrogen) atoms. The number of amides is 2. The fraction of sp³-hybridized carbons (Fsp3) is 0.462. The maximum Gasteiger partial charge on any atom is 0.242 e. The first-order valence-corrected chi connectivity index (χ1v) is 12.0.